The summed E-state index contributed by atoms with van der Waals surface area (Å²) in [5.41, 5.74) is 0. The van der Waals surface area contributed by atoms with Crippen molar-refractivity contribution in [2.24, 2.45) is 5.92 Å². The van der Waals surface area contributed by atoms with Crippen LogP contribution in [0.4, 0.5) is 0 Å². The topological polar surface area (TPSA) is 73.9 Å². The third-order valence-corrected chi connectivity index (χ3v) is 2.68. The molecule has 2 N–H and O–H groups in total. The summed E-state index contributed by atoms with van der Waals surface area (Å²) in [6, 6.07) is 0. The minimum absolute atomic E-state index is 0.0806. The number of H-pyrrole nitrogens is 1. The monoisotopic (exact) mass is 223 g/mol. The van der Waals surface area contributed by atoms with Gasteiger partial charge >= 0.3 is 0 Å². The zero-order valence-electron chi connectivity index (χ0n) is 9.44. The van der Waals surface area contributed by atoms with Crippen LogP contribution in [0.3, 0.4) is 0 Å². The summed E-state index contributed by atoms with van der Waals surface area (Å²) in [7, 11) is 1.77. The first kappa shape index (κ1) is 11.1. The molecule has 0 unspecified atom stereocenters. The highest BCUT2D eigenvalue weighted by Crippen LogP contribution is 2.27. The first-order valence-electron chi connectivity index (χ1n) is 5.54. The van der Waals surface area contributed by atoms with Gasteiger partial charge in [0.1, 0.15) is 12.2 Å². The number of carbonyl (C=O) groups is 1. The lowest BCUT2D eigenvalue weighted by Crippen LogP contribution is -2.36. The standard InChI is InChI=1S/C10H17N5O/c1-15(6-9-12-7-13-14-9)10(16)5-11-4-8-2-3-8/h7-8,11H,2-6H2,1H3,(H,12,13,14). The van der Waals surface area contributed by atoms with Gasteiger partial charge in [-0.15, -0.1) is 0 Å². The molecule has 1 saturated carbocycles. The number of aromatic amines is 1. The van der Waals surface area contributed by atoms with Crippen molar-refractivity contribution in [3.63, 3.8) is 0 Å². The number of likely N-dealkylation sites (N-methyl/N-ethyl adjacent to an activating group) is 1. The van der Waals surface area contributed by atoms with Gasteiger partial charge in [-0.2, -0.15) is 5.10 Å². The van der Waals surface area contributed by atoms with Crippen molar-refractivity contribution in [3.8, 4) is 0 Å². The molecule has 1 heterocycles. The Hall–Kier alpha value is -1.43. The van der Waals surface area contributed by atoms with Crippen LogP contribution in [-0.4, -0.2) is 46.1 Å². The van der Waals surface area contributed by atoms with Crippen molar-refractivity contribution < 1.29 is 4.79 Å². The molecule has 16 heavy (non-hydrogen) atoms. The number of hydrogen-bond donors (Lipinski definition) is 2. The van der Waals surface area contributed by atoms with E-state index in [1.165, 1.54) is 19.2 Å². The molecule has 0 aromatic carbocycles. The van der Waals surface area contributed by atoms with Gasteiger partial charge in [-0.25, -0.2) is 4.98 Å². The molecule has 6 nitrogen and oxygen atoms in total. The Bertz CT molecular complexity index is 333. The molecule has 0 aliphatic heterocycles. The highest BCUT2D eigenvalue weighted by Gasteiger charge is 2.21. The van der Waals surface area contributed by atoms with Crippen molar-refractivity contribution in [2.45, 2.75) is 19.4 Å². The molecule has 6 heteroatoms. The molecular formula is C10H17N5O. The van der Waals surface area contributed by atoms with Crippen molar-refractivity contribution in [3.05, 3.63) is 12.2 Å². The van der Waals surface area contributed by atoms with Crippen molar-refractivity contribution in [1.82, 2.24) is 25.4 Å². The molecule has 1 fully saturated rings. The Morgan fingerprint density at radius 1 is 1.69 bits per heavy atom. The van der Waals surface area contributed by atoms with E-state index >= 15 is 0 Å². The van der Waals surface area contributed by atoms with Gasteiger partial charge in [0.25, 0.3) is 0 Å². The van der Waals surface area contributed by atoms with Gasteiger partial charge in [0.2, 0.25) is 5.91 Å². The molecule has 1 amide bonds. The normalized spacial score (nSPS) is 15.1. The van der Waals surface area contributed by atoms with Crippen LogP contribution in [0.25, 0.3) is 0 Å². The van der Waals surface area contributed by atoms with Crippen molar-refractivity contribution in [1.29, 1.82) is 0 Å². The molecule has 88 valence electrons. The minimum atomic E-state index is 0.0806. The Balaban J connectivity index is 1.66. The number of carbonyl (C=O) groups excluding carboxylic acids is 1. The smallest absolute Gasteiger partial charge is 0.236 e. The first-order chi connectivity index (χ1) is 7.75. The minimum Gasteiger partial charge on any atom is -0.337 e. The lowest BCUT2D eigenvalue weighted by atomic mass is 10.4. The number of hydrogen-bond acceptors (Lipinski definition) is 4. The second-order valence-electron chi connectivity index (χ2n) is 4.26. The number of amides is 1. The second kappa shape index (κ2) is 5.07. The van der Waals surface area contributed by atoms with Gasteiger partial charge in [-0.05, 0) is 25.3 Å². The molecule has 1 aliphatic carbocycles. The van der Waals surface area contributed by atoms with E-state index in [0.29, 0.717) is 18.9 Å². The Kier molecular flexibility index (Phi) is 3.51. The fourth-order valence-electron chi connectivity index (χ4n) is 1.46. The highest BCUT2D eigenvalue weighted by molar-refractivity contribution is 5.77. The summed E-state index contributed by atoms with van der Waals surface area (Å²) in [4.78, 5) is 17.3. The summed E-state index contributed by atoms with van der Waals surface area (Å²) < 4.78 is 0. The molecule has 2 rings (SSSR count). The maximum atomic E-state index is 11.7. The largest absolute Gasteiger partial charge is 0.337 e. The number of nitrogens with zero attached hydrogens (tertiary/aromatic N) is 3. The third-order valence-electron chi connectivity index (χ3n) is 2.68. The van der Waals surface area contributed by atoms with Crippen LogP contribution in [0, 0.1) is 5.92 Å². The first-order valence-corrected chi connectivity index (χ1v) is 5.54. The third kappa shape index (κ3) is 3.30. The van der Waals surface area contributed by atoms with Crippen LogP contribution in [0.1, 0.15) is 18.7 Å². The van der Waals surface area contributed by atoms with Crippen LogP contribution >= 0.6 is 0 Å². The molecule has 1 aromatic rings. The summed E-state index contributed by atoms with van der Waals surface area (Å²) in [6.45, 7) is 1.84. The maximum absolute atomic E-state index is 11.7. The Labute approximate surface area is 94.4 Å². The van der Waals surface area contributed by atoms with Gasteiger partial charge in [-0.3, -0.25) is 9.89 Å². The summed E-state index contributed by atoms with van der Waals surface area (Å²) in [5, 5.41) is 9.64. The van der Waals surface area contributed by atoms with E-state index in [1.54, 1.807) is 11.9 Å². The van der Waals surface area contributed by atoms with Crippen LogP contribution in [0.2, 0.25) is 0 Å². The zero-order valence-corrected chi connectivity index (χ0v) is 9.44. The lowest BCUT2D eigenvalue weighted by Gasteiger charge is -2.15. The molecule has 0 radical (unpaired) electrons. The van der Waals surface area contributed by atoms with Gasteiger partial charge in [0.15, 0.2) is 0 Å². The lowest BCUT2D eigenvalue weighted by molar-refractivity contribution is -0.129. The van der Waals surface area contributed by atoms with Gasteiger partial charge in [0, 0.05) is 7.05 Å². The zero-order chi connectivity index (χ0) is 11.4. The van der Waals surface area contributed by atoms with Crippen LogP contribution in [0.15, 0.2) is 6.33 Å². The van der Waals surface area contributed by atoms with Gasteiger partial charge in [-0.1, -0.05) is 0 Å². The number of nitrogens with one attached hydrogen (secondary N) is 2. The van der Waals surface area contributed by atoms with E-state index in [1.807, 2.05) is 0 Å². The van der Waals surface area contributed by atoms with E-state index in [9.17, 15) is 4.79 Å². The molecule has 0 spiro atoms. The van der Waals surface area contributed by atoms with Crippen LogP contribution in [-0.2, 0) is 11.3 Å². The van der Waals surface area contributed by atoms with E-state index < -0.39 is 0 Å². The molecule has 0 bridgehead atoms. The average molecular weight is 223 g/mol. The quantitative estimate of drug-likeness (QED) is 0.698. The number of rotatable bonds is 6. The Morgan fingerprint density at radius 2 is 2.50 bits per heavy atom. The average Bonchev–Trinajstić information content (AvgIpc) is 2.95. The summed E-state index contributed by atoms with van der Waals surface area (Å²) in [5.74, 6) is 1.59. The maximum Gasteiger partial charge on any atom is 0.236 e. The van der Waals surface area contributed by atoms with Gasteiger partial charge in [0.05, 0.1) is 13.1 Å². The van der Waals surface area contributed by atoms with E-state index in [0.717, 1.165) is 12.5 Å². The molecule has 0 saturated heterocycles. The fourth-order valence-corrected chi connectivity index (χ4v) is 1.46. The molecule has 0 atom stereocenters. The van der Waals surface area contributed by atoms with E-state index in [2.05, 4.69) is 20.5 Å². The number of aromatic nitrogens is 3. The molecule has 1 aromatic heterocycles. The Morgan fingerprint density at radius 3 is 3.12 bits per heavy atom. The fraction of sp³-hybridized carbons (Fsp3) is 0.700. The second-order valence-corrected chi connectivity index (χ2v) is 4.26. The SMILES string of the molecule is CN(Cc1ncn[nH]1)C(=O)CNCC1CC1. The predicted molar refractivity (Wildman–Crippen MR) is 58.5 cm³/mol. The highest BCUT2D eigenvalue weighted by atomic mass is 16.2. The van der Waals surface area contributed by atoms with E-state index in [-0.39, 0.29) is 5.91 Å². The predicted octanol–water partition coefficient (Wildman–Crippen LogP) is -0.237. The molecule has 1 aliphatic rings. The van der Waals surface area contributed by atoms with E-state index in [4.69, 9.17) is 0 Å². The summed E-state index contributed by atoms with van der Waals surface area (Å²) >= 11 is 0. The van der Waals surface area contributed by atoms with Crippen molar-refractivity contribution in [2.75, 3.05) is 20.1 Å². The van der Waals surface area contributed by atoms with Crippen molar-refractivity contribution >= 4 is 5.91 Å². The van der Waals surface area contributed by atoms with Gasteiger partial charge < -0.3 is 10.2 Å². The molecular weight excluding hydrogens is 206 g/mol. The van der Waals surface area contributed by atoms with Crippen LogP contribution in [0.5, 0.6) is 0 Å². The summed E-state index contributed by atoms with van der Waals surface area (Å²) in [6.07, 6.45) is 4.04. The van der Waals surface area contributed by atoms with Crippen LogP contribution < -0.4 is 5.32 Å².